The van der Waals surface area contributed by atoms with Gasteiger partial charge in [0.2, 0.25) is 0 Å². The summed E-state index contributed by atoms with van der Waals surface area (Å²) < 4.78 is 4.32. The molecule has 0 aromatic rings. The van der Waals surface area contributed by atoms with Crippen molar-refractivity contribution >= 4 is 18.5 Å². The lowest BCUT2D eigenvalue weighted by atomic mass is 10.3. The van der Waals surface area contributed by atoms with Gasteiger partial charge >= 0.3 is 6.09 Å². The van der Waals surface area contributed by atoms with Crippen LogP contribution >= 0.6 is 12.4 Å². The Balaban J connectivity index is 0. The molecule has 0 radical (unpaired) electrons. The van der Waals surface area contributed by atoms with Crippen molar-refractivity contribution < 1.29 is 9.53 Å². The van der Waals surface area contributed by atoms with E-state index in [1.807, 2.05) is 0 Å². The molecule has 0 spiro atoms. The number of nitrogens with two attached hydrogens (primary N) is 1. The van der Waals surface area contributed by atoms with Gasteiger partial charge in [-0.2, -0.15) is 0 Å². The second-order valence-electron chi connectivity index (χ2n) is 1.77. The maximum Gasteiger partial charge on any atom is 0.407 e. The predicted molar refractivity (Wildman–Crippen MR) is 41.3 cm³/mol. The summed E-state index contributed by atoms with van der Waals surface area (Å²) in [4.78, 5) is 10.4. The Bertz CT molecular complexity index is 99.6. The first-order chi connectivity index (χ1) is 4.20. The highest BCUT2D eigenvalue weighted by atomic mass is 35.5. The van der Waals surface area contributed by atoms with Crippen LogP contribution in [0, 0.1) is 0 Å². The number of amides is 1. The molecule has 0 aliphatic rings. The predicted octanol–water partition coefficient (Wildman–Crippen LogP) is 0.111. The maximum absolute atomic E-state index is 10.4. The number of methoxy groups -OCH3 is 1. The third-order valence-electron chi connectivity index (χ3n) is 0.903. The van der Waals surface area contributed by atoms with Gasteiger partial charge in [0, 0.05) is 12.6 Å². The van der Waals surface area contributed by atoms with E-state index >= 15 is 0 Å². The topological polar surface area (TPSA) is 64.3 Å². The van der Waals surface area contributed by atoms with Crippen LogP contribution in [0.15, 0.2) is 0 Å². The lowest BCUT2D eigenvalue weighted by molar-refractivity contribution is 0.167. The summed E-state index contributed by atoms with van der Waals surface area (Å²) >= 11 is 0. The Morgan fingerprint density at radius 3 is 2.60 bits per heavy atom. The minimum Gasteiger partial charge on any atom is -0.453 e. The van der Waals surface area contributed by atoms with E-state index in [1.165, 1.54) is 7.11 Å². The smallest absolute Gasteiger partial charge is 0.407 e. The third kappa shape index (κ3) is 5.65. The molecule has 0 aliphatic carbocycles. The van der Waals surface area contributed by atoms with Gasteiger partial charge < -0.3 is 15.8 Å². The lowest BCUT2D eigenvalue weighted by Crippen LogP contribution is -2.37. The number of rotatable bonds is 2. The van der Waals surface area contributed by atoms with E-state index < -0.39 is 6.09 Å². The summed E-state index contributed by atoms with van der Waals surface area (Å²) in [5, 5.41) is 2.49. The Labute approximate surface area is 66.5 Å². The highest BCUT2D eigenvalue weighted by Crippen LogP contribution is 1.77. The van der Waals surface area contributed by atoms with E-state index in [0.29, 0.717) is 6.54 Å². The van der Waals surface area contributed by atoms with Gasteiger partial charge in [0.1, 0.15) is 0 Å². The van der Waals surface area contributed by atoms with Gasteiger partial charge in [-0.15, -0.1) is 12.4 Å². The molecule has 1 atom stereocenters. The summed E-state index contributed by atoms with van der Waals surface area (Å²) in [5.41, 5.74) is 5.20. The average molecular weight is 169 g/mol. The largest absolute Gasteiger partial charge is 0.453 e. The number of carbonyl (C=O) groups excluding carboxylic acids is 1. The molecular weight excluding hydrogens is 156 g/mol. The van der Waals surface area contributed by atoms with Crippen LogP contribution in [0.1, 0.15) is 6.92 Å². The SMILES string of the molecule is COC(=O)N[C@H](C)CN.Cl. The Kier molecular flexibility index (Phi) is 8.11. The molecular formula is C5H13ClN2O2. The highest BCUT2D eigenvalue weighted by molar-refractivity contribution is 5.85. The molecule has 62 valence electrons. The van der Waals surface area contributed by atoms with E-state index in [9.17, 15) is 4.79 Å². The van der Waals surface area contributed by atoms with Gasteiger partial charge in [0.15, 0.2) is 0 Å². The van der Waals surface area contributed by atoms with E-state index in [0.717, 1.165) is 0 Å². The Morgan fingerprint density at radius 2 is 2.30 bits per heavy atom. The minimum atomic E-state index is -0.437. The third-order valence-corrected chi connectivity index (χ3v) is 0.903. The van der Waals surface area contributed by atoms with E-state index in [-0.39, 0.29) is 18.4 Å². The van der Waals surface area contributed by atoms with Crippen LogP contribution in [0.4, 0.5) is 4.79 Å². The van der Waals surface area contributed by atoms with Crippen molar-refractivity contribution in [2.45, 2.75) is 13.0 Å². The summed E-state index contributed by atoms with van der Waals surface area (Å²) in [7, 11) is 1.32. The normalized spacial score (nSPS) is 11.1. The van der Waals surface area contributed by atoms with Crippen LogP contribution in [-0.2, 0) is 4.74 Å². The van der Waals surface area contributed by atoms with Crippen molar-refractivity contribution in [1.82, 2.24) is 5.32 Å². The molecule has 5 heteroatoms. The number of alkyl carbamates (subject to hydrolysis) is 1. The summed E-state index contributed by atoms with van der Waals surface area (Å²) in [5.74, 6) is 0. The molecule has 0 heterocycles. The molecule has 0 aromatic carbocycles. The van der Waals surface area contributed by atoms with Crippen LogP contribution in [0.2, 0.25) is 0 Å². The summed E-state index contributed by atoms with van der Waals surface area (Å²) in [6, 6.07) is -0.0163. The molecule has 0 fully saturated rings. The molecule has 0 rings (SSSR count). The fourth-order valence-corrected chi connectivity index (χ4v) is 0.319. The number of ether oxygens (including phenoxy) is 1. The molecule has 3 N–H and O–H groups in total. The zero-order valence-electron chi connectivity index (χ0n) is 6.09. The van der Waals surface area contributed by atoms with Gasteiger partial charge in [-0.1, -0.05) is 0 Å². The van der Waals surface area contributed by atoms with Crippen LogP contribution in [0.3, 0.4) is 0 Å². The molecule has 0 saturated heterocycles. The minimum absolute atomic E-state index is 0. The zero-order valence-corrected chi connectivity index (χ0v) is 6.90. The van der Waals surface area contributed by atoms with Gasteiger partial charge in [-0.05, 0) is 6.92 Å². The van der Waals surface area contributed by atoms with E-state index in [2.05, 4.69) is 10.1 Å². The van der Waals surface area contributed by atoms with E-state index in [4.69, 9.17) is 5.73 Å². The molecule has 0 aliphatic heterocycles. The monoisotopic (exact) mass is 168 g/mol. The van der Waals surface area contributed by atoms with Crippen molar-refractivity contribution in [2.24, 2.45) is 5.73 Å². The molecule has 0 bridgehead atoms. The van der Waals surface area contributed by atoms with Crippen LogP contribution in [0.25, 0.3) is 0 Å². The van der Waals surface area contributed by atoms with Crippen molar-refractivity contribution in [3.8, 4) is 0 Å². The van der Waals surface area contributed by atoms with E-state index in [1.54, 1.807) is 6.92 Å². The zero-order chi connectivity index (χ0) is 7.28. The Hall–Kier alpha value is -0.480. The standard InChI is InChI=1S/C5H12N2O2.ClH/c1-4(3-6)7-5(8)9-2;/h4H,3,6H2,1-2H3,(H,7,8);1H/t4-;/m1./s1. The van der Waals surface area contributed by atoms with Crippen molar-refractivity contribution in [3.05, 3.63) is 0 Å². The second kappa shape index (κ2) is 6.64. The van der Waals surface area contributed by atoms with Gasteiger partial charge in [0.25, 0.3) is 0 Å². The number of hydrogen-bond donors (Lipinski definition) is 2. The Morgan fingerprint density at radius 1 is 1.80 bits per heavy atom. The summed E-state index contributed by atoms with van der Waals surface area (Å²) in [6.07, 6.45) is -0.437. The molecule has 0 unspecified atom stereocenters. The maximum atomic E-state index is 10.4. The molecule has 1 amide bonds. The van der Waals surface area contributed by atoms with Crippen LogP contribution < -0.4 is 11.1 Å². The number of hydrogen-bond acceptors (Lipinski definition) is 3. The molecule has 0 aromatic heterocycles. The number of halogens is 1. The molecule has 0 saturated carbocycles. The fraction of sp³-hybridized carbons (Fsp3) is 0.800. The van der Waals surface area contributed by atoms with Crippen molar-refractivity contribution in [2.75, 3.05) is 13.7 Å². The lowest BCUT2D eigenvalue weighted by Gasteiger charge is -2.08. The highest BCUT2D eigenvalue weighted by Gasteiger charge is 2.02. The van der Waals surface area contributed by atoms with Crippen molar-refractivity contribution in [3.63, 3.8) is 0 Å². The average Bonchev–Trinajstić information content (AvgIpc) is 1.87. The first-order valence-electron chi connectivity index (χ1n) is 2.75. The first kappa shape index (κ1) is 12.2. The molecule has 4 nitrogen and oxygen atoms in total. The second-order valence-corrected chi connectivity index (χ2v) is 1.77. The number of carbonyl (C=O) groups is 1. The van der Waals surface area contributed by atoms with Crippen LogP contribution in [0.5, 0.6) is 0 Å². The fourth-order valence-electron chi connectivity index (χ4n) is 0.319. The quantitative estimate of drug-likeness (QED) is 0.615. The number of nitrogens with one attached hydrogen (secondary N) is 1. The van der Waals surface area contributed by atoms with Crippen LogP contribution in [-0.4, -0.2) is 25.8 Å². The van der Waals surface area contributed by atoms with Gasteiger partial charge in [-0.25, -0.2) is 4.79 Å². The molecule has 10 heavy (non-hydrogen) atoms. The van der Waals surface area contributed by atoms with Gasteiger partial charge in [0.05, 0.1) is 7.11 Å². The summed E-state index contributed by atoms with van der Waals surface area (Å²) in [6.45, 7) is 2.23. The van der Waals surface area contributed by atoms with Crippen molar-refractivity contribution in [1.29, 1.82) is 0 Å². The first-order valence-corrected chi connectivity index (χ1v) is 2.75. The van der Waals surface area contributed by atoms with Gasteiger partial charge in [-0.3, -0.25) is 0 Å².